The van der Waals surface area contributed by atoms with Crippen LogP contribution in [0, 0.1) is 0 Å². The number of aromatic amines is 1. The monoisotopic (exact) mass is 712 g/mol. The molecule has 5 atom stereocenters. The second-order valence-corrected chi connectivity index (χ2v) is 16.8. The van der Waals surface area contributed by atoms with E-state index in [1.807, 2.05) is 13.8 Å². The average Bonchev–Trinajstić information content (AvgIpc) is 3.45. The lowest BCUT2D eigenvalue weighted by Gasteiger charge is -2.24. The number of carbonyl (C=O) groups is 1. The Kier molecular flexibility index (Phi) is 12.1. The van der Waals surface area contributed by atoms with Crippen molar-refractivity contribution in [3.05, 3.63) is 16.7 Å². The summed E-state index contributed by atoms with van der Waals surface area (Å²) in [4.78, 5) is 70.9. The lowest BCUT2D eigenvalue weighted by atomic mass is 10.2. The van der Waals surface area contributed by atoms with Gasteiger partial charge in [-0.2, -0.15) is 13.6 Å². The minimum absolute atomic E-state index is 0.0312. The largest absolute Gasteiger partial charge is 0.490 e. The summed E-state index contributed by atoms with van der Waals surface area (Å²) >= 11 is 0. The van der Waals surface area contributed by atoms with Gasteiger partial charge in [0.2, 0.25) is 11.9 Å². The summed E-state index contributed by atoms with van der Waals surface area (Å²) < 4.78 is 59.9. The van der Waals surface area contributed by atoms with E-state index in [-0.39, 0.29) is 40.1 Å². The number of phosphoric ester groups is 1. The Morgan fingerprint density at radius 1 is 1.26 bits per heavy atom. The summed E-state index contributed by atoms with van der Waals surface area (Å²) in [6.45, 7) is 5.22. The third kappa shape index (κ3) is 11.2. The quantitative estimate of drug-likeness (QED) is 0.0559. The standard InChI is InChI=1S/C18H31N6O14P3S2/c1-4-12(25)20-7-18(2,3)43-42-9-34-10-5-13(24-8-21-14-15(24)22-17(19)23-16(14)26)36-11(10)6-35-40(30,31)38-41(32,33)37-39(27,28)29/h8,10-11,13H,4-7,9H2,1-3H3,(H,20,25)(H,30,31)(H,32,33)(H2,27,28,29)(H3,19,22,23,26)/t10-,11?,13-/m1/s1. The number of fused-ring (bicyclic) bond motifs is 1. The van der Waals surface area contributed by atoms with Gasteiger partial charge in [-0.3, -0.25) is 23.7 Å². The van der Waals surface area contributed by atoms with Gasteiger partial charge in [0.05, 0.1) is 19.0 Å². The molecular weight excluding hydrogens is 681 g/mol. The van der Waals surface area contributed by atoms with Crippen LogP contribution < -0.4 is 16.6 Å². The van der Waals surface area contributed by atoms with Crippen LogP contribution in [-0.4, -0.2) is 81.0 Å². The summed E-state index contributed by atoms with van der Waals surface area (Å²) in [6.07, 6.45) is -1.12. The molecule has 3 unspecified atom stereocenters. The highest BCUT2D eigenvalue weighted by atomic mass is 33.1. The summed E-state index contributed by atoms with van der Waals surface area (Å²) in [5.74, 6) is -0.189. The van der Waals surface area contributed by atoms with E-state index in [2.05, 4.69) is 28.9 Å². The van der Waals surface area contributed by atoms with E-state index in [1.165, 1.54) is 32.5 Å². The molecule has 2 aromatic heterocycles. The van der Waals surface area contributed by atoms with Gasteiger partial charge in [-0.15, -0.1) is 0 Å². The molecule has 1 fully saturated rings. The number of nitrogens with one attached hydrogen (secondary N) is 2. The normalized spacial score (nSPS) is 22.3. The molecule has 3 heterocycles. The molecule has 244 valence electrons. The molecule has 8 N–H and O–H groups in total. The van der Waals surface area contributed by atoms with Crippen molar-refractivity contribution in [2.75, 3.05) is 24.8 Å². The molecular formula is C18H31N6O14P3S2. The van der Waals surface area contributed by atoms with E-state index >= 15 is 0 Å². The maximum Gasteiger partial charge on any atom is 0.490 e. The van der Waals surface area contributed by atoms with E-state index < -0.39 is 54.1 Å². The molecule has 2 aromatic rings. The third-order valence-corrected chi connectivity index (χ3v) is 12.2. The van der Waals surface area contributed by atoms with Gasteiger partial charge in [0.25, 0.3) is 5.56 Å². The lowest BCUT2D eigenvalue weighted by molar-refractivity contribution is -0.120. The zero-order chi connectivity index (χ0) is 32.2. The smallest absolute Gasteiger partial charge is 0.369 e. The molecule has 0 spiro atoms. The highest BCUT2D eigenvalue weighted by Crippen LogP contribution is 2.66. The topological polar surface area (TPSA) is 297 Å². The number of nitrogens with two attached hydrogens (primary N) is 1. The molecule has 25 heteroatoms. The SMILES string of the molecule is CCC(=O)NCC(C)(C)SSCO[C@@H]1C[C@H](n2cnc3c(=O)[nH]c(N)nc32)OC1COP(=O)(O)OP(=O)(O)OP(=O)(O)O. The number of phosphoric acid groups is 3. The first-order valence-electron chi connectivity index (χ1n) is 12.1. The molecule has 43 heavy (non-hydrogen) atoms. The van der Waals surface area contributed by atoms with Crippen molar-refractivity contribution in [2.45, 2.75) is 56.8 Å². The van der Waals surface area contributed by atoms with Crippen molar-refractivity contribution < 1.29 is 60.7 Å². The van der Waals surface area contributed by atoms with Crippen molar-refractivity contribution >= 4 is 68.1 Å². The summed E-state index contributed by atoms with van der Waals surface area (Å²) in [7, 11) is -14.0. The number of hydrogen-bond donors (Lipinski definition) is 7. The van der Waals surface area contributed by atoms with Crippen LogP contribution in [0.1, 0.15) is 39.8 Å². The van der Waals surface area contributed by atoms with Crippen LogP contribution in [0.25, 0.3) is 11.2 Å². The number of aromatic nitrogens is 4. The molecule has 1 saturated heterocycles. The van der Waals surface area contributed by atoms with Crippen molar-refractivity contribution in [3.8, 4) is 0 Å². The number of nitrogen functional groups attached to an aromatic ring is 1. The predicted molar refractivity (Wildman–Crippen MR) is 153 cm³/mol. The summed E-state index contributed by atoms with van der Waals surface area (Å²) in [5.41, 5.74) is 5.11. The molecule has 1 aliphatic heterocycles. The highest BCUT2D eigenvalue weighted by Gasteiger charge is 2.43. The van der Waals surface area contributed by atoms with E-state index in [4.69, 9.17) is 29.5 Å². The van der Waals surface area contributed by atoms with Crippen LogP contribution >= 0.6 is 45.1 Å². The molecule has 0 aliphatic carbocycles. The molecule has 3 rings (SSSR count). The number of carbonyl (C=O) groups excluding carboxylic acids is 1. The highest BCUT2D eigenvalue weighted by molar-refractivity contribution is 8.77. The molecule has 0 aromatic carbocycles. The number of ether oxygens (including phenoxy) is 2. The number of nitrogens with zero attached hydrogens (tertiary/aromatic N) is 3. The van der Waals surface area contributed by atoms with Gasteiger partial charge >= 0.3 is 23.5 Å². The minimum Gasteiger partial charge on any atom is -0.369 e. The van der Waals surface area contributed by atoms with Gasteiger partial charge < -0.3 is 40.1 Å². The second kappa shape index (κ2) is 14.4. The van der Waals surface area contributed by atoms with Crippen molar-refractivity contribution in [2.24, 2.45) is 0 Å². The van der Waals surface area contributed by atoms with E-state index in [0.717, 1.165) is 0 Å². The first-order chi connectivity index (χ1) is 19.8. The van der Waals surface area contributed by atoms with Gasteiger partial charge in [0, 0.05) is 24.1 Å². The predicted octanol–water partition coefficient (Wildman–Crippen LogP) is 1.36. The first kappa shape index (κ1) is 36.1. The molecule has 0 bridgehead atoms. The lowest BCUT2D eigenvalue weighted by Crippen LogP contribution is -2.35. The van der Waals surface area contributed by atoms with Crippen LogP contribution in [0.4, 0.5) is 5.95 Å². The van der Waals surface area contributed by atoms with Crippen LogP contribution in [0.5, 0.6) is 0 Å². The van der Waals surface area contributed by atoms with E-state index in [9.17, 15) is 33.1 Å². The van der Waals surface area contributed by atoms with Crippen LogP contribution in [0.2, 0.25) is 0 Å². The second-order valence-electron chi connectivity index (χ2n) is 9.44. The molecule has 20 nitrogen and oxygen atoms in total. The summed E-state index contributed by atoms with van der Waals surface area (Å²) in [6, 6.07) is 0. The maximum absolute atomic E-state index is 12.3. The fourth-order valence-corrected chi connectivity index (χ4v) is 8.79. The molecule has 1 aliphatic rings. The Morgan fingerprint density at radius 2 is 1.95 bits per heavy atom. The summed E-state index contributed by atoms with van der Waals surface area (Å²) in [5, 5.41) is 2.81. The van der Waals surface area contributed by atoms with Crippen LogP contribution in [-0.2, 0) is 41.1 Å². The van der Waals surface area contributed by atoms with Crippen molar-refractivity contribution in [3.63, 3.8) is 0 Å². The van der Waals surface area contributed by atoms with Gasteiger partial charge in [-0.05, 0) is 13.8 Å². The fraction of sp³-hybridized carbons (Fsp3) is 0.667. The van der Waals surface area contributed by atoms with Crippen LogP contribution in [0.15, 0.2) is 11.1 Å². The van der Waals surface area contributed by atoms with Crippen molar-refractivity contribution in [1.82, 2.24) is 24.8 Å². The zero-order valence-electron chi connectivity index (χ0n) is 22.8. The third-order valence-electron chi connectivity index (χ3n) is 5.41. The number of anilines is 1. The molecule has 0 radical (unpaired) electrons. The van der Waals surface area contributed by atoms with Crippen LogP contribution in [0.3, 0.4) is 0 Å². The minimum atomic E-state index is -5.72. The Labute approximate surface area is 251 Å². The maximum atomic E-state index is 12.3. The molecule has 0 saturated carbocycles. The number of hydrogen-bond acceptors (Lipinski definition) is 15. The van der Waals surface area contributed by atoms with Gasteiger partial charge in [-0.1, -0.05) is 28.5 Å². The number of rotatable bonds is 16. The number of imidazole rings is 1. The van der Waals surface area contributed by atoms with Crippen molar-refractivity contribution in [1.29, 1.82) is 0 Å². The fourth-order valence-electron chi connectivity index (χ4n) is 3.59. The van der Waals surface area contributed by atoms with Gasteiger partial charge in [0.1, 0.15) is 18.3 Å². The Balaban J connectivity index is 1.71. The Bertz CT molecular complexity index is 1500. The Hall–Kier alpha value is -1.35. The number of amides is 1. The number of H-pyrrole nitrogens is 1. The van der Waals surface area contributed by atoms with E-state index in [0.29, 0.717) is 13.0 Å². The molecule has 1 amide bonds. The zero-order valence-corrected chi connectivity index (χ0v) is 27.1. The van der Waals surface area contributed by atoms with Gasteiger partial charge in [0.15, 0.2) is 11.2 Å². The van der Waals surface area contributed by atoms with E-state index in [1.54, 1.807) is 6.92 Å². The first-order valence-corrected chi connectivity index (χ1v) is 19.0. The average molecular weight is 713 g/mol. The van der Waals surface area contributed by atoms with Gasteiger partial charge in [-0.25, -0.2) is 18.7 Å². The Morgan fingerprint density at radius 3 is 2.60 bits per heavy atom.